The number of allylic oxidation sites excluding steroid dienone is 2. The fourth-order valence-electron chi connectivity index (χ4n) is 2.48. The first-order chi connectivity index (χ1) is 10.4. The Morgan fingerprint density at radius 3 is 2.64 bits per heavy atom. The van der Waals surface area contributed by atoms with Crippen molar-refractivity contribution in [2.45, 2.75) is 57.8 Å². The first-order valence-electron chi connectivity index (χ1n) is 7.56. The molecule has 6 heteroatoms. The minimum absolute atomic E-state index is 0.0398. The van der Waals surface area contributed by atoms with Crippen LogP contribution in [0, 0.1) is 5.92 Å². The van der Waals surface area contributed by atoms with Crippen LogP contribution < -0.4 is 0 Å². The van der Waals surface area contributed by atoms with Gasteiger partial charge in [0.25, 0.3) is 0 Å². The average Bonchev–Trinajstić information content (AvgIpc) is 2.49. The molecule has 0 aliphatic carbocycles. The number of ether oxygens (including phenoxy) is 2. The third-order valence-electron chi connectivity index (χ3n) is 3.84. The first kappa shape index (κ1) is 18.8. The van der Waals surface area contributed by atoms with Crippen molar-refractivity contribution >= 4 is 11.8 Å². The number of unbranched alkanes of at least 4 members (excludes halogenated alkanes) is 1. The molecule has 0 N–H and O–H groups in total. The molecule has 6 nitrogen and oxygen atoms in total. The van der Waals surface area contributed by atoms with Crippen molar-refractivity contribution in [1.82, 2.24) is 0 Å². The summed E-state index contributed by atoms with van der Waals surface area (Å²) in [6, 6.07) is 0. The van der Waals surface area contributed by atoms with Crippen LogP contribution in [-0.2, 0) is 28.8 Å². The van der Waals surface area contributed by atoms with E-state index in [1.807, 2.05) is 13.0 Å². The molecule has 0 spiro atoms. The number of ketones is 1. The van der Waals surface area contributed by atoms with E-state index in [1.54, 1.807) is 13.2 Å². The minimum Gasteiger partial charge on any atom is -0.469 e. The van der Waals surface area contributed by atoms with Crippen LogP contribution in [0.2, 0.25) is 0 Å². The van der Waals surface area contributed by atoms with Crippen molar-refractivity contribution in [2.24, 2.45) is 5.92 Å². The van der Waals surface area contributed by atoms with Crippen LogP contribution in [-0.4, -0.2) is 37.9 Å². The van der Waals surface area contributed by atoms with Crippen LogP contribution in [0.5, 0.6) is 0 Å². The summed E-state index contributed by atoms with van der Waals surface area (Å²) < 4.78 is 10.2. The molecule has 1 heterocycles. The summed E-state index contributed by atoms with van der Waals surface area (Å²) in [6.45, 7) is 3.52. The molecule has 1 fully saturated rings. The minimum atomic E-state index is -0.796. The number of carbonyl (C=O) groups excluding carboxylic acids is 2. The molecule has 3 atom stereocenters. The summed E-state index contributed by atoms with van der Waals surface area (Å²) in [4.78, 5) is 33.0. The SMILES string of the molecule is COC(=O)CC1OOC(CCCC=CC(C)=O)(OC)CC1C. The van der Waals surface area contributed by atoms with E-state index in [0.29, 0.717) is 12.8 Å². The maximum Gasteiger partial charge on any atom is 0.308 e. The lowest BCUT2D eigenvalue weighted by Gasteiger charge is -2.40. The normalized spacial score (nSPS) is 28.7. The summed E-state index contributed by atoms with van der Waals surface area (Å²) >= 11 is 0. The first-order valence-corrected chi connectivity index (χ1v) is 7.56. The van der Waals surface area contributed by atoms with Gasteiger partial charge < -0.3 is 9.47 Å². The maximum absolute atomic E-state index is 11.3. The van der Waals surface area contributed by atoms with Crippen LogP contribution in [0.25, 0.3) is 0 Å². The third-order valence-corrected chi connectivity index (χ3v) is 3.84. The molecule has 0 saturated carbocycles. The van der Waals surface area contributed by atoms with Crippen LogP contribution >= 0.6 is 0 Å². The second-order valence-electron chi connectivity index (χ2n) is 5.70. The van der Waals surface area contributed by atoms with E-state index < -0.39 is 5.79 Å². The molecule has 3 unspecified atom stereocenters. The molecule has 1 saturated heterocycles. The molecular formula is C16H26O6. The molecular weight excluding hydrogens is 288 g/mol. The third kappa shape index (κ3) is 5.87. The van der Waals surface area contributed by atoms with Crippen molar-refractivity contribution in [2.75, 3.05) is 14.2 Å². The summed E-state index contributed by atoms with van der Waals surface area (Å²) in [6.07, 6.45) is 6.13. The highest BCUT2D eigenvalue weighted by Gasteiger charge is 2.42. The van der Waals surface area contributed by atoms with Gasteiger partial charge >= 0.3 is 5.97 Å². The van der Waals surface area contributed by atoms with E-state index >= 15 is 0 Å². The van der Waals surface area contributed by atoms with Gasteiger partial charge in [-0.3, -0.25) is 9.59 Å². The highest BCUT2D eigenvalue weighted by Crippen LogP contribution is 2.36. The van der Waals surface area contributed by atoms with E-state index in [2.05, 4.69) is 4.74 Å². The van der Waals surface area contributed by atoms with E-state index in [9.17, 15) is 9.59 Å². The number of esters is 1. The smallest absolute Gasteiger partial charge is 0.308 e. The van der Waals surface area contributed by atoms with Crippen LogP contribution in [0.15, 0.2) is 12.2 Å². The largest absolute Gasteiger partial charge is 0.469 e. The van der Waals surface area contributed by atoms with Gasteiger partial charge in [0.2, 0.25) is 5.79 Å². The Morgan fingerprint density at radius 2 is 2.09 bits per heavy atom. The van der Waals surface area contributed by atoms with E-state index in [0.717, 1.165) is 12.8 Å². The Kier molecular flexibility index (Phi) is 7.72. The van der Waals surface area contributed by atoms with E-state index in [4.69, 9.17) is 14.5 Å². The lowest BCUT2D eigenvalue weighted by atomic mass is 9.90. The van der Waals surface area contributed by atoms with Gasteiger partial charge in [0.15, 0.2) is 5.78 Å². The molecule has 0 aromatic heterocycles. The molecule has 126 valence electrons. The number of carbonyl (C=O) groups is 2. The zero-order valence-corrected chi connectivity index (χ0v) is 13.8. The topological polar surface area (TPSA) is 71.1 Å². The zero-order chi connectivity index (χ0) is 16.6. The second-order valence-corrected chi connectivity index (χ2v) is 5.70. The number of methoxy groups -OCH3 is 2. The van der Waals surface area contributed by atoms with Gasteiger partial charge in [-0.2, -0.15) is 0 Å². The van der Waals surface area contributed by atoms with Crippen molar-refractivity contribution in [3.63, 3.8) is 0 Å². The molecule has 0 aromatic rings. The molecule has 22 heavy (non-hydrogen) atoms. The Bertz CT molecular complexity index is 405. The molecule has 1 rings (SSSR count). The Balaban J connectivity index is 2.47. The molecule has 1 aliphatic rings. The monoisotopic (exact) mass is 314 g/mol. The van der Waals surface area contributed by atoms with Gasteiger partial charge in [0, 0.05) is 20.0 Å². The maximum atomic E-state index is 11.3. The fourth-order valence-corrected chi connectivity index (χ4v) is 2.48. The van der Waals surface area contributed by atoms with Gasteiger partial charge in [-0.1, -0.05) is 13.0 Å². The Morgan fingerprint density at radius 1 is 1.36 bits per heavy atom. The van der Waals surface area contributed by atoms with Crippen LogP contribution in [0.1, 0.15) is 46.0 Å². The second kappa shape index (κ2) is 9.02. The summed E-state index contributed by atoms with van der Waals surface area (Å²) in [5.41, 5.74) is 0. The van der Waals surface area contributed by atoms with E-state index in [1.165, 1.54) is 14.0 Å². The Labute approximate surface area is 131 Å². The lowest BCUT2D eigenvalue weighted by molar-refractivity contribution is -0.475. The van der Waals surface area contributed by atoms with Gasteiger partial charge in [-0.25, -0.2) is 9.78 Å². The lowest BCUT2D eigenvalue weighted by Crippen LogP contribution is -2.46. The van der Waals surface area contributed by atoms with Crippen LogP contribution in [0.3, 0.4) is 0 Å². The predicted octanol–water partition coefficient (Wildman–Crippen LogP) is 2.56. The average molecular weight is 314 g/mol. The molecule has 0 aromatic carbocycles. The van der Waals surface area contributed by atoms with Crippen LogP contribution in [0.4, 0.5) is 0 Å². The molecule has 0 amide bonds. The van der Waals surface area contributed by atoms with Crippen molar-refractivity contribution in [1.29, 1.82) is 0 Å². The van der Waals surface area contributed by atoms with Crippen molar-refractivity contribution < 1.29 is 28.8 Å². The van der Waals surface area contributed by atoms with Gasteiger partial charge in [0.1, 0.15) is 6.10 Å². The zero-order valence-electron chi connectivity index (χ0n) is 13.8. The molecule has 0 bridgehead atoms. The summed E-state index contributed by atoms with van der Waals surface area (Å²) in [7, 11) is 2.94. The highest BCUT2D eigenvalue weighted by atomic mass is 17.2. The highest BCUT2D eigenvalue weighted by molar-refractivity contribution is 5.87. The van der Waals surface area contributed by atoms with Gasteiger partial charge in [-0.05, 0) is 31.8 Å². The fraction of sp³-hybridized carbons (Fsp3) is 0.750. The molecule has 1 aliphatic heterocycles. The summed E-state index contributed by atoms with van der Waals surface area (Å²) in [5.74, 6) is -0.964. The van der Waals surface area contributed by atoms with Gasteiger partial charge in [0.05, 0.1) is 13.5 Å². The van der Waals surface area contributed by atoms with Gasteiger partial charge in [-0.15, -0.1) is 0 Å². The standard InChI is InChI=1S/C16H26O6/c1-12-11-16(20-4,9-7-5-6-8-13(2)17)22-21-14(12)10-15(18)19-3/h6,8,12,14H,5,7,9-11H2,1-4H3. The number of hydrogen-bond acceptors (Lipinski definition) is 6. The van der Waals surface area contributed by atoms with Crippen molar-refractivity contribution in [3.05, 3.63) is 12.2 Å². The Hall–Kier alpha value is -1.24. The molecule has 0 radical (unpaired) electrons. The predicted molar refractivity (Wildman–Crippen MR) is 79.8 cm³/mol. The summed E-state index contributed by atoms with van der Waals surface area (Å²) in [5, 5.41) is 0. The van der Waals surface area contributed by atoms with Crippen molar-refractivity contribution in [3.8, 4) is 0 Å². The van der Waals surface area contributed by atoms with E-state index in [-0.39, 0.29) is 30.2 Å². The number of rotatable bonds is 8. The quantitative estimate of drug-likeness (QED) is 0.297. The number of hydrogen-bond donors (Lipinski definition) is 0.